The van der Waals surface area contributed by atoms with E-state index in [0.29, 0.717) is 19.3 Å². The molecule has 1 saturated carbocycles. The van der Waals surface area contributed by atoms with Gasteiger partial charge in [-0.2, -0.15) is 0 Å². The predicted octanol–water partition coefficient (Wildman–Crippen LogP) is 1.22. The molecule has 102 valence electrons. The van der Waals surface area contributed by atoms with Crippen molar-refractivity contribution in [2.75, 3.05) is 6.54 Å². The number of hydrogen-bond acceptors (Lipinski definition) is 3. The zero-order chi connectivity index (χ0) is 13.9. The molecular formula is C13H21NO4. The van der Waals surface area contributed by atoms with Gasteiger partial charge in [0.25, 0.3) is 0 Å². The first-order chi connectivity index (χ1) is 8.21. The Morgan fingerprint density at radius 2 is 1.72 bits per heavy atom. The van der Waals surface area contributed by atoms with Crippen molar-refractivity contribution in [3.63, 3.8) is 0 Å². The molecular weight excluding hydrogens is 234 g/mol. The molecule has 2 unspecified atom stereocenters. The molecule has 0 aromatic rings. The topological polar surface area (TPSA) is 83.5 Å². The fourth-order valence-electron chi connectivity index (χ4n) is 2.02. The lowest BCUT2D eigenvalue weighted by atomic mass is 9.91. The smallest absolute Gasteiger partial charge is 0.306 e. The molecule has 0 aromatic carbocycles. The van der Waals surface area contributed by atoms with E-state index in [2.05, 4.69) is 5.32 Å². The quantitative estimate of drug-likeness (QED) is 0.791. The van der Waals surface area contributed by atoms with Gasteiger partial charge in [0.05, 0.1) is 12.5 Å². The molecule has 1 aliphatic carbocycles. The van der Waals surface area contributed by atoms with Crippen molar-refractivity contribution in [1.82, 2.24) is 5.32 Å². The van der Waals surface area contributed by atoms with E-state index in [0.717, 1.165) is 0 Å². The molecule has 1 fully saturated rings. The summed E-state index contributed by atoms with van der Waals surface area (Å²) >= 11 is 0. The van der Waals surface area contributed by atoms with Crippen LogP contribution in [0.1, 0.15) is 40.0 Å². The first kappa shape index (κ1) is 14.7. The third kappa shape index (κ3) is 3.82. The van der Waals surface area contributed by atoms with Gasteiger partial charge >= 0.3 is 5.97 Å². The number of aliphatic carboxylic acids is 1. The molecule has 0 spiro atoms. The number of hydrogen-bond donors (Lipinski definition) is 2. The number of carboxylic acids is 1. The van der Waals surface area contributed by atoms with Crippen LogP contribution >= 0.6 is 0 Å². The van der Waals surface area contributed by atoms with E-state index >= 15 is 0 Å². The number of carboxylic acid groups (broad SMARTS) is 1. The number of carbonyl (C=O) groups is 3. The molecule has 1 aliphatic rings. The fourth-order valence-corrected chi connectivity index (χ4v) is 2.02. The van der Waals surface area contributed by atoms with Gasteiger partial charge in [0.1, 0.15) is 0 Å². The molecule has 0 saturated heterocycles. The second-order valence-electron chi connectivity index (χ2n) is 5.94. The van der Waals surface area contributed by atoms with Gasteiger partial charge in [0, 0.05) is 11.3 Å². The van der Waals surface area contributed by atoms with Crippen LogP contribution in [0.15, 0.2) is 0 Å². The standard InChI is InChI=1S/C13H21NO4/c1-13(2,3)10(15)7-14-11(16)8-4-5-9(6-8)12(17)18/h8-9H,4-7H2,1-3H3,(H,14,16)(H,17,18). The molecule has 1 amide bonds. The van der Waals surface area contributed by atoms with Crippen LogP contribution < -0.4 is 5.32 Å². The Morgan fingerprint density at radius 3 is 2.17 bits per heavy atom. The summed E-state index contributed by atoms with van der Waals surface area (Å²) in [6.07, 6.45) is 1.51. The monoisotopic (exact) mass is 255 g/mol. The maximum Gasteiger partial charge on any atom is 0.306 e. The number of Topliss-reactive ketones (excluding diaryl/α,β-unsaturated/α-hetero) is 1. The molecule has 2 atom stereocenters. The predicted molar refractivity (Wildman–Crippen MR) is 65.9 cm³/mol. The number of ketones is 1. The van der Waals surface area contributed by atoms with Crippen LogP contribution in [0.3, 0.4) is 0 Å². The van der Waals surface area contributed by atoms with Crippen molar-refractivity contribution in [3.05, 3.63) is 0 Å². The average Bonchev–Trinajstić information content (AvgIpc) is 2.73. The number of amides is 1. The Hall–Kier alpha value is -1.39. The summed E-state index contributed by atoms with van der Waals surface area (Å²) in [4.78, 5) is 34.2. The summed E-state index contributed by atoms with van der Waals surface area (Å²) in [7, 11) is 0. The van der Waals surface area contributed by atoms with Gasteiger partial charge in [-0.25, -0.2) is 0 Å². The SMILES string of the molecule is CC(C)(C)C(=O)CNC(=O)C1CCC(C(=O)O)C1. The van der Waals surface area contributed by atoms with Crippen molar-refractivity contribution in [3.8, 4) is 0 Å². The third-order valence-electron chi connectivity index (χ3n) is 3.41. The van der Waals surface area contributed by atoms with E-state index in [9.17, 15) is 14.4 Å². The Kier molecular flexibility index (Phi) is 4.48. The zero-order valence-corrected chi connectivity index (χ0v) is 11.2. The van der Waals surface area contributed by atoms with Gasteiger partial charge in [-0.15, -0.1) is 0 Å². The number of carbonyl (C=O) groups excluding carboxylic acids is 2. The third-order valence-corrected chi connectivity index (χ3v) is 3.41. The van der Waals surface area contributed by atoms with E-state index in [4.69, 9.17) is 5.11 Å². The Morgan fingerprint density at radius 1 is 1.17 bits per heavy atom. The summed E-state index contributed by atoms with van der Waals surface area (Å²) in [5.74, 6) is -1.74. The summed E-state index contributed by atoms with van der Waals surface area (Å²) in [5.41, 5.74) is -0.466. The lowest BCUT2D eigenvalue weighted by Gasteiger charge is -2.17. The molecule has 2 N–H and O–H groups in total. The summed E-state index contributed by atoms with van der Waals surface area (Å²) in [6.45, 7) is 5.43. The molecule has 0 heterocycles. The van der Waals surface area contributed by atoms with Gasteiger partial charge in [-0.3, -0.25) is 14.4 Å². The molecule has 1 rings (SSSR count). The zero-order valence-electron chi connectivity index (χ0n) is 11.2. The highest BCUT2D eigenvalue weighted by molar-refractivity contribution is 5.90. The minimum atomic E-state index is -0.837. The van der Waals surface area contributed by atoms with E-state index in [1.165, 1.54) is 0 Å². The van der Waals surface area contributed by atoms with Crippen LogP contribution in [-0.4, -0.2) is 29.3 Å². The lowest BCUT2D eigenvalue weighted by molar-refractivity contribution is -0.141. The Balaban J connectivity index is 2.39. The largest absolute Gasteiger partial charge is 0.481 e. The maximum absolute atomic E-state index is 11.8. The van der Waals surface area contributed by atoms with Gasteiger partial charge in [0.15, 0.2) is 5.78 Å². The summed E-state index contributed by atoms with van der Waals surface area (Å²) < 4.78 is 0. The van der Waals surface area contributed by atoms with Crippen LogP contribution in [-0.2, 0) is 14.4 Å². The van der Waals surface area contributed by atoms with Gasteiger partial charge in [-0.05, 0) is 19.3 Å². The van der Waals surface area contributed by atoms with Crippen LogP contribution in [0.25, 0.3) is 0 Å². The fraction of sp³-hybridized carbons (Fsp3) is 0.769. The van der Waals surface area contributed by atoms with E-state index < -0.39 is 17.3 Å². The van der Waals surface area contributed by atoms with Crippen molar-refractivity contribution in [1.29, 1.82) is 0 Å². The van der Waals surface area contributed by atoms with E-state index in [1.54, 1.807) is 20.8 Å². The summed E-state index contributed by atoms with van der Waals surface area (Å²) in [5, 5.41) is 11.5. The van der Waals surface area contributed by atoms with Gasteiger partial charge < -0.3 is 10.4 Å². The van der Waals surface area contributed by atoms with Crippen molar-refractivity contribution < 1.29 is 19.5 Å². The highest BCUT2D eigenvalue weighted by atomic mass is 16.4. The number of nitrogens with one attached hydrogen (secondary N) is 1. The minimum Gasteiger partial charge on any atom is -0.481 e. The molecule has 18 heavy (non-hydrogen) atoms. The van der Waals surface area contributed by atoms with Gasteiger partial charge in [-0.1, -0.05) is 20.8 Å². The Labute approximate surface area is 107 Å². The van der Waals surface area contributed by atoms with Crippen molar-refractivity contribution in [2.45, 2.75) is 40.0 Å². The molecule has 5 heteroatoms. The molecule has 0 radical (unpaired) electrons. The molecule has 5 nitrogen and oxygen atoms in total. The van der Waals surface area contributed by atoms with Crippen molar-refractivity contribution >= 4 is 17.7 Å². The van der Waals surface area contributed by atoms with Gasteiger partial charge in [0.2, 0.25) is 5.91 Å². The van der Waals surface area contributed by atoms with E-state index in [-0.39, 0.29) is 24.2 Å². The normalized spacial score (nSPS) is 23.7. The van der Waals surface area contributed by atoms with Crippen LogP contribution in [0, 0.1) is 17.3 Å². The highest BCUT2D eigenvalue weighted by Gasteiger charge is 2.34. The Bertz CT molecular complexity index is 356. The van der Waals surface area contributed by atoms with Crippen LogP contribution in [0.5, 0.6) is 0 Å². The summed E-state index contributed by atoms with van der Waals surface area (Å²) in [6, 6.07) is 0. The lowest BCUT2D eigenvalue weighted by Crippen LogP contribution is -2.38. The van der Waals surface area contributed by atoms with Crippen LogP contribution in [0.2, 0.25) is 0 Å². The van der Waals surface area contributed by atoms with E-state index in [1.807, 2.05) is 0 Å². The van der Waals surface area contributed by atoms with Crippen LogP contribution in [0.4, 0.5) is 0 Å². The highest BCUT2D eigenvalue weighted by Crippen LogP contribution is 2.31. The number of rotatable bonds is 4. The molecule has 0 aliphatic heterocycles. The maximum atomic E-state index is 11.8. The van der Waals surface area contributed by atoms with Crippen molar-refractivity contribution in [2.24, 2.45) is 17.3 Å². The minimum absolute atomic E-state index is 0.0244. The molecule has 0 aromatic heterocycles. The molecule has 0 bridgehead atoms. The second-order valence-corrected chi connectivity index (χ2v) is 5.94. The average molecular weight is 255 g/mol. The first-order valence-corrected chi connectivity index (χ1v) is 6.25. The second kappa shape index (κ2) is 5.50. The first-order valence-electron chi connectivity index (χ1n) is 6.25.